The smallest absolute Gasteiger partial charge is 0.325 e. The molecule has 0 bridgehead atoms. The molecule has 158 valence electrons. The van der Waals surface area contributed by atoms with Gasteiger partial charge in [0.05, 0.1) is 11.3 Å². The molecule has 1 heterocycles. The first-order valence-corrected chi connectivity index (χ1v) is 10.4. The van der Waals surface area contributed by atoms with Crippen LogP contribution in [-0.2, 0) is 23.9 Å². The summed E-state index contributed by atoms with van der Waals surface area (Å²) in [5, 5.41) is 11.6. The topological polar surface area (TPSA) is 59.8 Å². The molecule has 0 aliphatic carbocycles. The van der Waals surface area contributed by atoms with E-state index in [2.05, 4.69) is 22.4 Å². The number of anilines is 1. The lowest BCUT2D eigenvalue weighted by Gasteiger charge is -2.09. The maximum Gasteiger partial charge on any atom is 0.416 e. The number of halogens is 3. The van der Waals surface area contributed by atoms with E-state index in [4.69, 9.17) is 0 Å². The van der Waals surface area contributed by atoms with E-state index in [9.17, 15) is 18.0 Å². The Morgan fingerprint density at radius 3 is 2.27 bits per heavy atom. The minimum absolute atomic E-state index is 0.140. The highest BCUT2D eigenvalue weighted by molar-refractivity contribution is 7.99. The molecule has 3 aromatic rings. The van der Waals surface area contributed by atoms with Gasteiger partial charge in [0.1, 0.15) is 0 Å². The monoisotopic (exact) mass is 434 g/mol. The Hall–Kier alpha value is -2.81. The van der Waals surface area contributed by atoms with E-state index >= 15 is 0 Å². The van der Waals surface area contributed by atoms with Crippen LogP contribution in [0.2, 0.25) is 0 Å². The first kappa shape index (κ1) is 21.9. The molecule has 0 unspecified atom stereocenters. The summed E-state index contributed by atoms with van der Waals surface area (Å²) in [5.41, 5.74) is 1.73. The number of aryl methyl sites for hydroxylation is 1. The Kier molecular flexibility index (Phi) is 6.81. The van der Waals surface area contributed by atoms with Crippen LogP contribution < -0.4 is 5.32 Å². The number of carbonyl (C=O) groups excluding carboxylic acids is 1. The fourth-order valence-electron chi connectivity index (χ4n) is 2.85. The summed E-state index contributed by atoms with van der Waals surface area (Å²) in [7, 11) is 0. The van der Waals surface area contributed by atoms with Crippen molar-refractivity contribution in [2.24, 2.45) is 0 Å². The third kappa shape index (κ3) is 5.21. The number of amides is 1. The minimum Gasteiger partial charge on any atom is -0.325 e. The molecule has 1 aromatic heterocycles. The van der Waals surface area contributed by atoms with E-state index < -0.39 is 11.7 Å². The van der Waals surface area contributed by atoms with E-state index in [0.29, 0.717) is 23.1 Å². The van der Waals surface area contributed by atoms with Crippen molar-refractivity contribution in [3.63, 3.8) is 0 Å². The number of nitrogens with one attached hydrogen (secondary N) is 1. The SMILES string of the molecule is CCc1ccc(NC(=O)CSc2nnc(-c3ccc(C(F)(F)F)cc3)n2CC)cc1. The number of hydrogen-bond acceptors (Lipinski definition) is 4. The van der Waals surface area contributed by atoms with Gasteiger partial charge in [-0.15, -0.1) is 10.2 Å². The molecule has 0 saturated heterocycles. The third-order valence-electron chi connectivity index (χ3n) is 4.48. The summed E-state index contributed by atoms with van der Waals surface area (Å²) in [5.74, 6) is 0.427. The lowest BCUT2D eigenvalue weighted by Crippen LogP contribution is -2.14. The van der Waals surface area contributed by atoms with Crippen LogP contribution in [0.5, 0.6) is 0 Å². The van der Waals surface area contributed by atoms with Crippen LogP contribution in [0, 0.1) is 0 Å². The summed E-state index contributed by atoms with van der Waals surface area (Å²) in [6.45, 7) is 4.47. The maximum absolute atomic E-state index is 12.8. The molecule has 5 nitrogen and oxygen atoms in total. The van der Waals surface area contributed by atoms with E-state index in [1.807, 2.05) is 31.2 Å². The molecule has 2 aromatic carbocycles. The molecule has 0 saturated carbocycles. The molecule has 0 radical (unpaired) electrons. The number of thioether (sulfide) groups is 1. The highest BCUT2D eigenvalue weighted by Crippen LogP contribution is 2.31. The van der Waals surface area contributed by atoms with Gasteiger partial charge in [-0.3, -0.25) is 4.79 Å². The number of nitrogens with zero attached hydrogens (tertiary/aromatic N) is 3. The summed E-state index contributed by atoms with van der Waals surface area (Å²) in [6, 6.07) is 12.4. The Morgan fingerprint density at radius 1 is 1.03 bits per heavy atom. The molecule has 30 heavy (non-hydrogen) atoms. The average Bonchev–Trinajstić information content (AvgIpc) is 3.15. The average molecular weight is 434 g/mol. The van der Waals surface area contributed by atoms with Crippen LogP contribution in [0.3, 0.4) is 0 Å². The van der Waals surface area contributed by atoms with Gasteiger partial charge >= 0.3 is 6.18 Å². The van der Waals surface area contributed by atoms with Crippen molar-refractivity contribution < 1.29 is 18.0 Å². The predicted molar refractivity (Wildman–Crippen MR) is 111 cm³/mol. The molecule has 1 amide bonds. The van der Waals surface area contributed by atoms with Crippen LogP contribution in [0.4, 0.5) is 18.9 Å². The fraction of sp³-hybridized carbons (Fsp3) is 0.286. The fourth-order valence-corrected chi connectivity index (χ4v) is 3.66. The van der Waals surface area contributed by atoms with Crippen molar-refractivity contribution in [3.05, 3.63) is 59.7 Å². The zero-order valence-corrected chi connectivity index (χ0v) is 17.3. The quantitative estimate of drug-likeness (QED) is 0.514. The number of aromatic nitrogens is 3. The Labute approximate surface area is 176 Å². The number of hydrogen-bond donors (Lipinski definition) is 1. The zero-order chi connectivity index (χ0) is 21.7. The first-order chi connectivity index (χ1) is 14.3. The van der Waals surface area contributed by atoms with Gasteiger partial charge in [0.25, 0.3) is 0 Å². The van der Waals surface area contributed by atoms with Crippen molar-refractivity contribution in [1.29, 1.82) is 0 Å². The van der Waals surface area contributed by atoms with Crippen molar-refractivity contribution in [2.75, 3.05) is 11.1 Å². The Bertz CT molecular complexity index is 999. The van der Waals surface area contributed by atoms with Crippen molar-refractivity contribution in [2.45, 2.75) is 38.1 Å². The normalized spacial score (nSPS) is 11.5. The standard InChI is InChI=1S/C21H21F3N4OS/c1-3-14-5-11-17(12-6-14)25-18(29)13-30-20-27-26-19(28(20)4-2)15-7-9-16(10-8-15)21(22,23)24/h5-12H,3-4,13H2,1-2H3,(H,25,29). The van der Waals surface area contributed by atoms with Crippen LogP contribution in [-0.4, -0.2) is 26.4 Å². The highest BCUT2D eigenvalue weighted by Gasteiger charge is 2.30. The van der Waals surface area contributed by atoms with Crippen molar-refractivity contribution in [1.82, 2.24) is 14.8 Å². The molecule has 0 aliphatic heterocycles. The van der Waals surface area contributed by atoms with E-state index in [-0.39, 0.29) is 11.7 Å². The van der Waals surface area contributed by atoms with E-state index in [0.717, 1.165) is 24.2 Å². The summed E-state index contributed by atoms with van der Waals surface area (Å²) in [4.78, 5) is 12.3. The second kappa shape index (κ2) is 9.34. The van der Waals surface area contributed by atoms with E-state index in [1.165, 1.54) is 29.5 Å². The van der Waals surface area contributed by atoms with Gasteiger partial charge < -0.3 is 9.88 Å². The number of benzene rings is 2. The maximum atomic E-state index is 12.8. The molecule has 0 spiro atoms. The Balaban J connectivity index is 1.67. The number of carbonyl (C=O) groups is 1. The molecule has 0 atom stereocenters. The zero-order valence-electron chi connectivity index (χ0n) is 16.5. The number of rotatable bonds is 7. The lowest BCUT2D eigenvalue weighted by molar-refractivity contribution is -0.137. The summed E-state index contributed by atoms with van der Waals surface area (Å²) >= 11 is 1.23. The van der Waals surface area contributed by atoms with Crippen LogP contribution >= 0.6 is 11.8 Å². The largest absolute Gasteiger partial charge is 0.416 e. The molecule has 0 aliphatic rings. The van der Waals surface area contributed by atoms with Gasteiger partial charge in [0.2, 0.25) is 5.91 Å². The van der Waals surface area contributed by atoms with Gasteiger partial charge in [-0.1, -0.05) is 43.0 Å². The molecular weight excluding hydrogens is 413 g/mol. The van der Waals surface area contributed by atoms with Crippen LogP contribution in [0.15, 0.2) is 53.7 Å². The molecular formula is C21H21F3N4OS. The molecule has 1 N–H and O–H groups in total. The second-order valence-electron chi connectivity index (χ2n) is 6.51. The van der Waals surface area contributed by atoms with Gasteiger partial charge in [0.15, 0.2) is 11.0 Å². The highest BCUT2D eigenvalue weighted by atomic mass is 32.2. The van der Waals surface area contributed by atoms with Gasteiger partial charge in [0, 0.05) is 17.8 Å². The first-order valence-electron chi connectivity index (χ1n) is 9.44. The molecule has 3 rings (SSSR count). The summed E-state index contributed by atoms with van der Waals surface area (Å²) in [6.07, 6.45) is -3.46. The van der Waals surface area contributed by atoms with Crippen molar-refractivity contribution in [3.8, 4) is 11.4 Å². The third-order valence-corrected chi connectivity index (χ3v) is 5.45. The lowest BCUT2D eigenvalue weighted by atomic mass is 10.1. The predicted octanol–water partition coefficient (Wildman–Crippen LogP) is 5.28. The second-order valence-corrected chi connectivity index (χ2v) is 7.46. The van der Waals surface area contributed by atoms with Gasteiger partial charge in [-0.25, -0.2) is 0 Å². The Morgan fingerprint density at radius 2 is 1.70 bits per heavy atom. The van der Waals surface area contributed by atoms with Crippen LogP contribution in [0.1, 0.15) is 25.0 Å². The number of alkyl halides is 3. The van der Waals surface area contributed by atoms with Crippen LogP contribution in [0.25, 0.3) is 11.4 Å². The molecule has 0 fully saturated rings. The molecule has 9 heteroatoms. The van der Waals surface area contributed by atoms with E-state index in [1.54, 1.807) is 4.57 Å². The minimum atomic E-state index is -4.39. The van der Waals surface area contributed by atoms with Crippen molar-refractivity contribution >= 4 is 23.4 Å². The van der Waals surface area contributed by atoms with Gasteiger partial charge in [-0.05, 0) is 43.2 Å². The van der Waals surface area contributed by atoms with Gasteiger partial charge in [-0.2, -0.15) is 13.2 Å². The summed E-state index contributed by atoms with van der Waals surface area (Å²) < 4.78 is 40.1.